The SMILES string of the molecule is OC(OCc1cccc(C(F)(F)F)c1)/C(=C\c1ccccc1)C(O)c1cccnc1. The highest BCUT2D eigenvalue weighted by Crippen LogP contribution is 2.30. The number of pyridine rings is 1. The number of benzene rings is 2. The molecule has 3 aromatic rings. The molecule has 3 rings (SSSR count). The molecule has 1 heterocycles. The van der Waals surface area contributed by atoms with Crippen LogP contribution < -0.4 is 0 Å². The topological polar surface area (TPSA) is 62.6 Å². The van der Waals surface area contributed by atoms with Gasteiger partial charge in [-0.15, -0.1) is 0 Å². The van der Waals surface area contributed by atoms with Crippen LogP contribution in [0.25, 0.3) is 6.08 Å². The maximum Gasteiger partial charge on any atom is 0.416 e. The Hall–Kier alpha value is -3.00. The smallest absolute Gasteiger partial charge is 0.384 e. The van der Waals surface area contributed by atoms with Crippen LogP contribution in [0.5, 0.6) is 0 Å². The Labute approximate surface area is 171 Å². The minimum Gasteiger partial charge on any atom is -0.384 e. The number of nitrogens with zero attached hydrogens (tertiary/aromatic N) is 1. The summed E-state index contributed by atoms with van der Waals surface area (Å²) in [5.74, 6) is 0. The molecule has 2 aromatic carbocycles. The summed E-state index contributed by atoms with van der Waals surface area (Å²) in [4.78, 5) is 3.96. The quantitative estimate of drug-likeness (QED) is 0.547. The summed E-state index contributed by atoms with van der Waals surface area (Å²) in [5.41, 5.74) is 0.757. The Kier molecular flexibility index (Phi) is 6.99. The van der Waals surface area contributed by atoms with E-state index in [-0.39, 0.29) is 17.7 Å². The van der Waals surface area contributed by atoms with Crippen molar-refractivity contribution in [3.63, 3.8) is 0 Å². The first-order chi connectivity index (χ1) is 14.3. The zero-order valence-electron chi connectivity index (χ0n) is 15.8. The van der Waals surface area contributed by atoms with Crippen molar-refractivity contribution in [2.24, 2.45) is 0 Å². The molecule has 156 valence electrons. The maximum absolute atomic E-state index is 12.9. The van der Waals surface area contributed by atoms with Crippen LogP contribution in [0.3, 0.4) is 0 Å². The van der Waals surface area contributed by atoms with Gasteiger partial charge in [0.25, 0.3) is 0 Å². The lowest BCUT2D eigenvalue weighted by atomic mass is 10.00. The molecular formula is C23H20F3NO3. The molecule has 0 aliphatic heterocycles. The zero-order chi connectivity index (χ0) is 21.6. The number of alkyl halides is 3. The standard InChI is InChI=1S/C23H20F3NO3/c24-23(25,26)19-10-4-8-17(12-19)15-30-22(29)20(13-16-6-2-1-3-7-16)21(28)18-9-5-11-27-14-18/h1-14,21-22,28-29H,15H2/b20-13-. The van der Waals surface area contributed by atoms with E-state index in [0.29, 0.717) is 5.56 Å². The zero-order valence-corrected chi connectivity index (χ0v) is 15.8. The van der Waals surface area contributed by atoms with Crippen LogP contribution in [0, 0.1) is 0 Å². The van der Waals surface area contributed by atoms with Crippen LogP contribution in [0.2, 0.25) is 0 Å². The van der Waals surface area contributed by atoms with Gasteiger partial charge in [0.1, 0.15) is 6.10 Å². The van der Waals surface area contributed by atoms with Gasteiger partial charge in [-0.05, 0) is 35.4 Å². The minimum atomic E-state index is -4.47. The number of hydrogen-bond acceptors (Lipinski definition) is 4. The average Bonchev–Trinajstić information content (AvgIpc) is 2.76. The molecule has 1 aromatic heterocycles. The van der Waals surface area contributed by atoms with Crippen molar-refractivity contribution in [1.82, 2.24) is 4.98 Å². The van der Waals surface area contributed by atoms with Crippen molar-refractivity contribution in [2.75, 3.05) is 0 Å². The number of halogens is 3. The van der Waals surface area contributed by atoms with Gasteiger partial charge in [0.15, 0.2) is 6.29 Å². The van der Waals surface area contributed by atoms with Crippen LogP contribution >= 0.6 is 0 Å². The Morgan fingerprint density at radius 1 is 1.00 bits per heavy atom. The van der Waals surface area contributed by atoms with Gasteiger partial charge >= 0.3 is 6.18 Å². The van der Waals surface area contributed by atoms with Crippen molar-refractivity contribution < 1.29 is 28.1 Å². The lowest BCUT2D eigenvalue weighted by molar-refractivity contribution is -0.137. The first-order valence-electron chi connectivity index (χ1n) is 9.15. The van der Waals surface area contributed by atoms with E-state index in [1.807, 2.05) is 6.07 Å². The molecule has 2 N–H and O–H groups in total. The molecule has 0 saturated carbocycles. The second-order valence-corrected chi connectivity index (χ2v) is 6.61. The van der Waals surface area contributed by atoms with Gasteiger partial charge in [0, 0.05) is 23.5 Å². The average molecular weight is 415 g/mol. The number of aromatic nitrogens is 1. The third kappa shape index (κ3) is 5.76. The molecule has 0 bridgehead atoms. The van der Waals surface area contributed by atoms with E-state index in [2.05, 4.69) is 4.98 Å². The molecule has 30 heavy (non-hydrogen) atoms. The molecule has 0 saturated heterocycles. The van der Waals surface area contributed by atoms with Crippen LogP contribution in [0.4, 0.5) is 13.2 Å². The number of ether oxygens (including phenoxy) is 1. The van der Waals surface area contributed by atoms with Crippen LogP contribution in [0.15, 0.2) is 84.7 Å². The maximum atomic E-state index is 12.9. The summed E-state index contributed by atoms with van der Waals surface area (Å²) in [6.45, 7) is -0.267. The minimum absolute atomic E-state index is 0.140. The monoisotopic (exact) mass is 415 g/mol. The van der Waals surface area contributed by atoms with Gasteiger partial charge in [0.2, 0.25) is 0 Å². The summed E-state index contributed by atoms with van der Waals surface area (Å²) in [7, 11) is 0. The molecule has 7 heteroatoms. The van der Waals surface area contributed by atoms with E-state index in [0.717, 1.165) is 17.7 Å². The Morgan fingerprint density at radius 3 is 2.43 bits per heavy atom. The lowest BCUT2D eigenvalue weighted by Crippen LogP contribution is -2.20. The van der Waals surface area contributed by atoms with Gasteiger partial charge in [0.05, 0.1) is 12.2 Å². The first kappa shape index (κ1) is 21.7. The van der Waals surface area contributed by atoms with E-state index in [9.17, 15) is 23.4 Å². The van der Waals surface area contributed by atoms with Gasteiger partial charge in [-0.3, -0.25) is 4.98 Å². The van der Waals surface area contributed by atoms with Crippen molar-refractivity contribution in [2.45, 2.75) is 25.2 Å². The van der Waals surface area contributed by atoms with E-state index in [1.54, 1.807) is 48.7 Å². The molecule has 0 aliphatic rings. The molecule has 4 nitrogen and oxygen atoms in total. The van der Waals surface area contributed by atoms with Crippen LogP contribution in [-0.2, 0) is 17.5 Å². The van der Waals surface area contributed by atoms with Gasteiger partial charge in [-0.1, -0.05) is 48.5 Å². The molecular weight excluding hydrogens is 395 g/mol. The van der Waals surface area contributed by atoms with E-state index in [1.165, 1.54) is 18.3 Å². The van der Waals surface area contributed by atoms with Crippen molar-refractivity contribution in [1.29, 1.82) is 0 Å². The number of hydrogen-bond donors (Lipinski definition) is 2. The van der Waals surface area contributed by atoms with Crippen LogP contribution in [-0.4, -0.2) is 21.5 Å². The second kappa shape index (κ2) is 9.67. The molecule has 0 spiro atoms. The number of rotatable bonds is 7. The van der Waals surface area contributed by atoms with Crippen molar-refractivity contribution in [3.05, 3.63) is 107 Å². The fourth-order valence-corrected chi connectivity index (χ4v) is 2.87. The van der Waals surface area contributed by atoms with Gasteiger partial charge in [-0.2, -0.15) is 13.2 Å². The predicted molar refractivity (Wildman–Crippen MR) is 106 cm³/mol. The molecule has 0 fully saturated rings. The Morgan fingerprint density at radius 2 is 1.77 bits per heavy atom. The summed E-state index contributed by atoms with van der Waals surface area (Å²) in [6, 6.07) is 17.0. The van der Waals surface area contributed by atoms with Gasteiger partial charge in [-0.25, -0.2) is 0 Å². The Bertz CT molecular complexity index is 976. The normalized spacial score (nSPS) is 14.4. The highest BCUT2D eigenvalue weighted by molar-refractivity contribution is 5.55. The third-order valence-corrected chi connectivity index (χ3v) is 4.40. The van der Waals surface area contributed by atoms with Crippen molar-refractivity contribution in [3.8, 4) is 0 Å². The fourth-order valence-electron chi connectivity index (χ4n) is 2.87. The highest BCUT2D eigenvalue weighted by atomic mass is 19.4. The largest absolute Gasteiger partial charge is 0.416 e. The number of aliphatic hydroxyl groups excluding tert-OH is 2. The summed E-state index contributed by atoms with van der Waals surface area (Å²) < 4.78 is 44.1. The summed E-state index contributed by atoms with van der Waals surface area (Å²) >= 11 is 0. The number of aliphatic hydroxyl groups is 2. The highest BCUT2D eigenvalue weighted by Gasteiger charge is 2.30. The molecule has 0 amide bonds. The fraction of sp³-hybridized carbons (Fsp3) is 0.174. The van der Waals surface area contributed by atoms with Gasteiger partial charge < -0.3 is 14.9 Å². The molecule has 2 atom stereocenters. The Balaban J connectivity index is 1.82. The summed E-state index contributed by atoms with van der Waals surface area (Å²) in [5, 5.41) is 21.4. The third-order valence-electron chi connectivity index (χ3n) is 4.40. The molecule has 0 aliphatic carbocycles. The molecule has 0 radical (unpaired) electrons. The van der Waals surface area contributed by atoms with E-state index in [4.69, 9.17) is 4.74 Å². The summed E-state index contributed by atoms with van der Waals surface area (Å²) in [6.07, 6.45) is -2.64. The van der Waals surface area contributed by atoms with E-state index >= 15 is 0 Å². The molecule has 2 unspecified atom stereocenters. The predicted octanol–water partition coefficient (Wildman–Crippen LogP) is 4.75. The second-order valence-electron chi connectivity index (χ2n) is 6.61. The lowest BCUT2D eigenvalue weighted by Gasteiger charge is -2.21. The van der Waals surface area contributed by atoms with Crippen molar-refractivity contribution >= 4 is 6.08 Å². The van der Waals surface area contributed by atoms with Crippen LogP contribution in [0.1, 0.15) is 28.4 Å². The van der Waals surface area contributed by atoms with E-state index < -0.39 is 24.1 Å². The first-order valence-corrected chi connectivity index (χ1v) is 9.15.